The van der Waals surface area contributed by atoms with E-state index in [1.807, 2.05) is 48.0 Å². The van der Waals surface area contributed by atoms with Crippen molar-refractivity contribution in [3.05, 3.63) is 78.1 Å². The number of carbonyl (C=O) groups is 1. The monoisotopic (exact) mass is 402 g/mol. The van der Waals surface area contributed by atoms with Gasteiger partial charge in [-0.25, -0.2) is 9.50 Å². The molecule has 0 aliphatic heterocycles. The van der Waals surface area contributed by atoms with E-state index < -0.39 is 0 Å². The Morgan fingerprint density at radius 2 is 1.93 bits per heavy atom. The molecular formula is C23H22N4OS. The van der Waals surface area contributed by atoms with Gasteiger partial charge in [-0.15, -0.1) is 0 Å². The van der Waals surface area contributed by atoms with Gasteiger partial charge in [0.25, 0.3) is 0 Å². The Bertz CT molecular complexity index is 1150. The third-order valence-electron chi connectivity index (χ3n) is 4.77. The SMILES string of the molecule is CCc1ccc(-c2cc3c(SCC(=O)Nc4ccccc4C)nccn3n2)cc1. The van der Waals surface area contributed by atoms with E-state index in [1.165, 1.54) is 17.3 Å². The zero-order valence-corrected chi connectivity index (χ0v) is 17.2. The summed E-state index contributed by atoms with van der Waals surface area (Å²) < 4.78 is 1.82. The highest BCUT2D eigenvalue weighted by Crippen LogP contribution is 2.26. The van der Waals surface area contributed by atoms with Crippen LogP contribution in [0.1, 0.15) is 18.1 Å². The lowest BCUT2D eigenvalue weighted by Crippen LogP contribution is -2.14. The Kier molecular flexibility index (Phi) is 5.62. The first kappa shape index (κ1) is 19.2. The molecule has 0 fully saturated rings. The topological polar surface area (TPSA) is 59.3 Å². The average Bonchev–Trinajstić information content (AvgIpc) is 3.19. The number of amides is 1. The number of rotatable bonds is 6. The second-order valence-corrected chi connectivity index (χ2v) is 7.76. The van der Waals surface area contributed by atoms with E-state index in [2.05, 4.69) is 46.6 Å². The normalized spacial score (nSPS) is 11.0. The van der Waals surface area contributed by atoms with Crippen LogP contribution in [0, 0.1) is 6.92 Å². The van der Waals surface area contributed by atoms with Crippen molar-refractivity contribution in [2.24, 2.45) is 0 Å². The van der Waals surface area contributed by atoms with Gasteiger partial charge in [-0.05, 0) is 36.6 Å². The van der Waals surface area contributed by atoms with Crippen molar-refractivity contribution in [1.82, 2.24) is 14.6 Å². The molecular weight excluding hydrogens is 380 g/mol. The minimum absolute atomic E-state index is 0.0528. The Morgan fingerprint density at radius 3 is 2.69 bits per heavy atom. The first-order valence-corrected chi connectivity index (χ1v) is 10.5. The molecule has 146 valence electrons. The van der Waals surface area contributed by atoms with Gasteiger partial charge in [0.1, 0.15) is 5.03 Å². The van der Waals surface area contributed by atoms with Crippen LogP contribution in [0.25, 0.3) is 16.8 Å². The molecule has 2 aromatic heterocycles. The van der Waals surface area contributed by atoms with Crippen LogP contribution in [0.3, 0.4) is 0 Å². The number of anilines is 1. The van der Waals surface area contributed by atoms with Gasteiger partial charge in [0.2, 0.25) is 5.91 Å². The zero-order chi connectivity index (χ0) is 20.2. The maximum Gasteiger partial charge on any atom is 0.234 e. The van der Waals surface area contributed by atoms with E-state index in [-0.39, 0.29) is 11.7 Å². The van der Waals surface area contributed by atoms with Gasteiger partial charge < -0.3 is 5.32 Å². The highest BCUT2D eigenvalue weighted by atomic mass is 32.2. The van der Waals surface area contributed by atoms with E-state index in [0.717, 1.165) is 39.5 Å². The van der Waals surface area contributed by atoms with Gasteiger partial charge in [-0.2, -0.15) is 5.10 Å². The van der Waals surface area contributed by atoms with Crippen LogP contribution in [0.15, 0.2) is 72.0 Å². The van der Waals surface area contributed by atoms with Crippen LogP contribution < -0.4 is 5.32 Å². The molecule has 4 aromatic rings. The van der Waals surface area contributed by atoms with Crippen molar-refractivity contribution in [3.8, 4) is 11.3 Å². The Morgan fingerprint density at radius 1 is 1.14 bits per heavy atom. The van der Waals surface area contributed by atoms with Crippen LogP contribution in [0.5, 0.6) is 0 Å². The van der Waals surface area contributed by atoms with E-state index in [0.29, 0.717) is 0 Å². The number of para-hydroxylation sites is 1. The maximum atomic E-state index is 12.4. The number of hydrogen-bond donors (Lipinski definition) is 1. The number of thioether (sulfide) groups is 1. The molecule has 6 heteroatoms. The molecule has 2 heterocycles. The van der Waals surface area contributed by atoms with Gasteiger partial charge in [-0.3, -0.25) is 4.79 Å². The molecule has 0 spiro atoms. The fraction of sp³-hybridized carbons (Fsp3) is 0.174. The number of carbonyl (C=O) groups excluding carboxylic acids is 1. The molecule has 4 rings (SSSR count). The van der Waals surface area contributed by atoms with E-state index in [1.54, 1.807) is 6.20 Å². The predicted octanol–water partition coefficient (Wildman–Crippen LogP) is 5.00. The number of fused-ring (bicyclic) bond motifs is 1. The summed E-state index contributed by atoms with van der Waals surface area (Å²) in [5.74, 6) is 0.232. The lowest BCUT2D eigenvalue weighted by atomic mass is 10.1. The lowest BCUT2D eigenvalue weighted by molar-refractivity contribution is -0.113. The first-order chi connectivity index (χ1) is 14.1. The molecule has 0 atom stereocenters. The Balaban J connectivity index is 1.51. The molecule has 0 aliphatic rings. The van der Waals surface area contributed by atoms with Crippen molar-refractivity contribution in [2.45, 2.75) is 25.3 Å². The van der Waals surface area contributed by atoms with Crippen molar-refractivity contribution < 1.29 is 4.79 Å². The molecule has 2 aromatic carbocycles. The highest BCUT2D eigenvalue weighted by Gasteiger charge is 2.12. The summed E-state index contributed by atoms with van der Waals surface area (Å²) in [7, 11) is 0. The van der Waals surface area contributed by atoms with Gasteiger partial charge in [-0.1, -0.05) is 61.2 Å². The summed E-state index contributed by atoms with van der Waals surface area (Å²) >= 11 is 1.41. The Hall–Kier alpha value is -3.12. The third-order valence-corrected chi connectivity index (χ3v) is 5.77. The van der Waals surface area contributed by atoms with Crippen molar-refractivity contribution in [1.29, 1.82) is 0 Å². The van der Waals surface area contributed by atoms with Gasteiger partial charge >= 0.3 is 0 Å². The van der Waals surface area contributed by atoms with Crippen molar-refractivity contribution >= 4 is 28.9 Å². The van der Waals surface area contributed by atoms with Crippen LogP contribution in [0.4, 0.5) is 5.69 Å². The number of hydrogen-bond acceptors (Lipinski definition) is 4. The maximum absolute atomic E-state index is 12.4. The number of nitrogens with zero attached hydrogens (tertiary/aromatic N) is 3. The minimum atomic E-state index is -0.0528. The highest BCUT2D eigenvalue weighted by molar-refractivity contribution is 8.00. The van der Waals surface area contributed by atoms with Crippen LogP contribution in [-0.2, 0) is 11.2 Å². The summed E-state index contributed by atoms with van der Waals surface area (Å²) in [6, 6.07) is 18.2. The van der Waals surface area contributed by atoms with Crippen LogP contribution in [-0.4, -0.2) is 26.3 Å². The second kappa shape index (κ2) is 8.49. The molecule has 0 aliphatic carbocycles. The fourth-order valence-corrected chi connectivity index (χ4v) is 3.87. The smallest absolute Gasteiger partial charge is 0.234 e. The minimum Gasteiger partial charge on any atom is -0.325 e. The number of benzene rings is 2. The van der Waals surface area contributed by atoms with E-state index >= 15 is 0 Å². The first-order valence-electron chi connectivity index (χ1n) is 9.56. The zero-order valence-electron chi connectivity index (χ0n) is 16.4. The molecule has 5 nitrogen and oxygen atoms in total. The summed E-state index contributed by atoms with van der Waals surface area (Å²) in [6.45, 7) is 4.12. The third kappa shape index (κ3) is 4.32. The summed E-state index contributed by atoms with van der Waals surface area (Å²) in [5, 5.41) is 8.42. The van der Waals surface area contributed by atoms with Crippen molar-refractivity contribution in [2.75, 3.05) is 11.1 Å². The largest absolute Gasteiger partial charge is 0.325 e. The number of nitrogens with one attached hydrogen (secondary N) is 1. The molecule has 1 N–H and O–H groups in total. The van der Waals surface area contributed by atoms with Gasteiger partial charge in [0, 0.05) is 23.6 Å². The standard InChI is InChI=1S/C23H22N4OS/c1-3-17-8-10-18(11-9-17)20-14-21-23(24-12-13-27(21)26-20)29-15-22(28)25-19-7-5-4-6-16(19)2/h4-14H,3,15H2,1-2H3,(H,25,28). The number of aryl methyl sites for hydroxylation is 2. The van der Waals surface area contributed by atoms with E-state index in [4.69, 9.17) is 0 Å². The molecule has 0 bridgehead atoms. The molecule has 0 unspecified atom stereocenters. The summed E-state index contributed by atoms with van der Waals surface area (Å²) in [5.41, 5.74) is 6.05. The number of aromatic nitrogens is 3. The quantitative estimate of drug-likeness (QED) is 0.461. The summed E-state index contributed by atoms with van der Waals surface area (Å²) in [6.07, 6.45) is 4.56. The van der Waals surface area contributed by atoms with Gasteiger partial charge in [0.15, 0.2) is 0 Å². The molecule has 0 saturated heterocycles. The van der Waals surface area contributed by atoms with Crippen LogP contribution >= 0.6 is 11.8 Å². The van der Waals surface area contributed by atoms with E-state index in [9.17, 15) is 4.79 Å². The lowest BCUT2D eigenvalue weighted by Gasteiger charge is -2.08. The average molecular weight is 403 g/mol. The van der Waals surface area contributed by atoms with Crippen LogP contribution in [0.2, 0.25) is 0 Å². The molecule has 1 amide bonds. The van der Waals surface area contributed by atoms with Crippen molar-refractivity contribution in [3.63, 3.8) is 0 Å². The molecule has 0 saturated carbocycles. The molecule has 0 radical (unpaired) electrons. The predicted molar refractivity (Wildman–Crippen MR) is 118 cm³/mol. The molecule has 29 heavy (non-hydrogen) atoms. The van der Waals surface area contributed by atoms with Gasteiger partial charge in [0.05, 0.1) is 17.0 Å². The fourth-order valence-electron chi connectivity index (χ4n) is 3.09. The second-order valence-electron chi connectivity index (χ2n) is 6.79. The summed E-state index contributed by atoms with van der Waals surface area (Å²) in [4.78, 5) is 16.8. The Labute approximate surface area is 174 Å².